The number of nitrogens with two attached hydrogens (primary N) is 1. The largest absolute Gasteiger partial charge is 0.397 e. The van der Waals surface area contributed by atoms with Crippen molar-refractivity contribution in [3.05, 3.63) is 29.1 Å². The molecule has 0 aliphatic carbocycles. The van der Waals surface area contributed by atoms with Crippen molar-refractivity contribution >= 4 is 39.3 Å². The van der Waals surface area contributed by atoms with Gasteiger partial charge in [-0.3, -0.25) is 4.98 Å². The van der Waals surface area contributed by atoms with Crippen LogP contribution in [0, 0.1) is 0 Å². The number of nitrogen functional groups attached to an aromatic ring is 1. The normalized spacial score (nSPS) is 10.9. The molecular weight excluding hydrogens is 251 g/mol. The molecule has 70 valence electrons. The molecule has 1 aromatic heterocycles. The average molecular weight is 262 g/mol. The Labute approximate surface area is 90.9 Å². The molecule has 0 saturated heterocycles. The third-order valence-electron chi connectivity index (χ3n) is 1.47. The highest BCUT2D eigenvalue weighted by atomic mass is 79.9. The first-order valence-corrected chi connectivity index (χ1v) is 5.37. The van der Waals surface area contributed by atoms with Gasteiger partial charge in [-0.2, -0.15) is 0 Å². The summed E-state index contributed by atoms with van der Waals surface area (Å²) in [7, 11) is 0. The van der Waals surface area contributed by atoms with Gasteiger partial charge in [-0.15, -0.1) is 0 Å². The van der Waals surface area contributed by atoms with Crippen LogP contribution in [0.4, 0.5) is 5.69 Å². The van der Waals surface area contributed by atoms with Crippen molar-refractivity contribution in [3.8, 4) is 0 Å². The van der Waals surface area contributed by atoms with Crippen molar-refractivity contribution in [2.45, 2.75) is 6.42 Å². The molecule has 0 spiro atoms. The van der Waals surface area contributed by atoms with Crippen molar-refractivity contribution in [2.24, 2.45) is 0 Å². The van der Waals surface area contributed by atoms with Gasteiger partial charge in [0.25, 0.3) is 0 Å². The summed E-state index contributed by atoms with van der Waals surface area (Å²) in [5.74, 6) is 0. The molecule has 0 fully saturated rings. The topological polar surface area (TPSA) is 38.9 Å². The number of allylic oxidation sites excluding steroid dienone is 1. The summed E-state index contributed by atoms with van der Waals surface area (Å²) < 4.78 is 0. The van der Waals surface area contributed by atoms with Crippen LogP contribution in [0.15, 0.2) is 18.3 Å². The van der Waals surface area contributed by atoms with E-state index in [2.05, 4.69) is 20.9 Å². The molecule has 2 nitrogen and oxygen atoms in total. The van der Waals surface area contributed by atoms with E-state index in [4.69, 9.17) is 17.3 Å². The number of pyridine rings is 1. The van der Waals surface area contributed by atoms with E-state index in [1.165, 1.54) is 0 Å². The van der Waals surface area contributed by atoms with Crippen LogP contribution in [-0.2, 0) is 0 Å². The Morgan fingerprint density at radius 1 is 1.62 bits per heavy atom. The quantitative estimate of drug-likeness (QED) is 0.849. The van der Waals surface area contributed by atoms with Crippen molar-refractivity contribution in [2.75, 3.05) is 11.1 Å². The summed E-state index contributed by atoms with van der Waals surface area (Å²) in [5, 5.41) is 1.51. The molecule has 0 aliphatic heterocycles. The lowest BCUT2D eigenvalue weighted by Crippen LogP contribution is -1.91. The number of nitrogens with zero attached hydrogens (tertiary/aromatic N) is 1. The minimum absolute atomic E-state index is 0.565. The second kappa shape index (κ2) is 5.25. The molecule has 1 rings (SSSR count). The van der Waals surface area contributed by atoms with Crippen molar-refractivity contribution < 1.29 is 0 Å². The second-order valence-corrected chi connectivity index (χ2v) is 3.74. The zero-order chi connectivity index (χ0) is 9.68. The minimum atomic E-state index is 0.565. The van der Waals surface area contributed by atoms with Crippen LogP contribution >= 0.6 is 27.5 Å². The fourth-order valence-electron chi connectivity index (χ4n) is 0.863. The number of anilines is 1. The molecule has 0 unspecified atom stereocenters. The first-order chi connectivity index (χ1) is 6.24. The number of halogens is 2. The Bertz CT molecular complexity index is 312. The van der Waals surface area contributed by atoms with Gasteiger partial charge >= 0.3 is 0 Å². The third kappa shape index (κ3) is 3.36. The number of rotatable bonds is 3. The molecule has 4 heteroatoms. The maximum absolute atomic E-state index is 5.70. The van der Waals surface area contributed by atoms with Crippen LogP contribution in [0.3, 0.4) is 0 Å². The maximum atomic E-state index is 5.70. The van der Waals surface area contributed by atoms with Gasteiger partial charge < -0.3 is 5.73 Å². The lowest BCUT2D eigenvalue weighted by Gasteiger charge is -1.98. The Morgan fingerprint density at radius 3 is 3.00 bits per heavy atom. The standard InChI is InChI=1S/C9H10BrClN2/c10-4-2-1-3-9-8(12)5-7(11)6-13-9/h1,3,5-6H,2,4,12H2. The molecule has 0 aliphatic rings. The van der Waals surface area contributed by atoms with E-state index in [0.29, 0.717) is 10.7 Å². The van der Waals surface area contributed by atoms with Gasteiger partial charge in [-0.1, -0.05) is 33.6 Å². The van der Waals surface area contributed by atoms with Gasteiger partial charge in [0.2, 0.25) is 0 Å². The van der Waals surface area contributed by atoms with Gasteiger partial charge in [0.15, 0.2) is 0 Å². The van der Waals surface area contributed by atoms with Crippen LogP contribution < -0.4 is 5.73 Å². The number of hydrogen-bond acceptors (Lipinski definition) is 2. The summed E-state index contributed by atoms with van der Waals surface area (Å²) in [6.07, 6.45) is 6.46. The molecule has 0 saturated carbocycles. The van der Waals surface area contributed by atoms with Gasteiger partial charge in [0, 0.05) is 11.5 Å². The summed E-state index contributed by atoms with van der Waals surface area (Å²) in [5.41, 5.74) is 7.07. The first-order valence-electron chi connectivity index (χ1n) is 3.87. The summed E-state index contributed by atoms with van der Waals surface area (Å²) in [6, 6.07) is 1.70. The second-order valence-electron chi connectivity index (χ2n) is 2.51. The van der Waals surface area contributed by atoms with Gasteiger partial charge in [0.05, 0.1) is 16.4 Å². The van der Waals surface area contributed by atoms with Crippen molar-refractivity contribution in [1.29, 1.82) is 0 Å². The average Bonchev–Trinajstić information content (AvgIpc) is 2.09. The van der Waals surface area contributed by atoms with Crippen molar-refractivity contribution in [1.82, 2.24) is 4.98 Å². The SMILES string of the molecule is Nc1cc(Cl)cnc1C=CCCBr. The molecule has 13 heavy (non-hydrogen) atoms. The van der Waals surface area contributed by atoms with E-state index < -0.39 is 0 Å². The Kier molecular flexibility index (Phi) is 4.25. The highest BCUT2D eigenvalue weighted by Crippen LogP contribution is 2.16. The number of aromatic nitrogens is 1. The lowest BCUT2D eigenvalue weighted by atomic mass is 10.2. The van der Waals surface area contributed by atoms with E-state index in [9.17, 15) is 0 Å². The predicted molar refractivity (Wildman–Crippen MR) is 61.1 cm³/mol. The van der Waals surface area contributed by atoms with Crippen LogP contribution in [0.2, 0.25) is 5.02 Å². The smallest absolute Gasteiger partial charge is 0.0856 e. The van der Waals surface area contributed by atoms with Crippen LogP contribution in [-0.4, -0.2) is 10.3 Å². The predicted octanol–water partition coefficient (Wildman–Crippen LogP) is 3.12. The van der Waals surface area contributed by atoms with E-state index in [0.717, 1.165) is 17.4 Å². The molecule has 0 bridgehead atoms. The van der Waals surface area contributed by atoms with E-state index in [1.807, 2.05) is 12.2 Å². The summed E-state index contributed by atoms with van der Waals surface area (Å²) >= 11 is 9.03. The van der Waals surface area contributed by atoms with E-state index in [-0.39, 0.29) is 0 Å². The van der Waals surface area contributed by atoms with Crippen LogP contribution in [0.1, 0.15) is 12.1 Å². The maximum Gasteiger partial charge on any atom is 0.0856 e. The lowest BCUT2D eigenvalue weighted by molar-refractivity contribution is 1.25. The fraction of sp³-hybridized carbons (Fsp3) is 0.222. The molecule has 0 atom stereocenters. The van der Waals surface area contributed by atoms with Gasteiger partial charge in [-0.25, -0.2) is 0 Å². The summed E-state index contributed by atoms with van der Waals surface area (Å²) in [6.45, 7) is 0. The third-order valence-corrected chi connectivity index (χ3v) is 2.13. The monoisotopic (exact) mass is 260 g/mol. The highest BCUT2D eigenvalue weighted by Gasteiger charge is 1.96. The molecule has 0 radical (unpaired) electrons. The molecular formula is C9H10BrClN2. The number of alkyl halides is 1. The fourth-order valence-corrected chi connectivity index (χ4v) is 1.29. The van der Waals surface area contributed by atoms with Gasteiger partial charge in [0.1, 0.15) is 0 Å². The summed E-state index contributed by atoms with van der Waals surface area (Å²) in [4.78, 5) is 4.09. The zero-order valence-corrected chi connectivity index (χ0v) is 9.35. The zero-order valence-electron chi connectivity index (χ0n) is 7.00. The van der Waals surface area contributed by atoms with Crippen LogP contribution in [0.5, 0.6) is 0 Å². The van der Waals surface area contributed by atoms with E-state index in [1.54, 1.807) is 12.3 Å². The van der Waals surface area contributed by atoms with E-state index >= 15 is 0 Å². The number of hydrogen-bond donors (Lipinski definition) is 1. The van der Waals surface area contributed by atoms with Crippen molar-refractivity contribution in [3.63, 3.8) is 0 Å². The van der Waals surface area contributed by atoms with Crippen LogP contribution in [0.25, 0.3) is 6.08 Å². The molecule has 2 N–H and O–H groups in total. The molecule has 1 aromatic rings. The van der Waals surface area contributed by atoms with Gasteiger partial charge in [-0.05, 0) is 18.6 Å². The highest BCUT2D eigenvalue weighted by molar-refractivity contribution is 9.09. The molecule has 0 aromatic carbocycles. The molecule has 1 heterocycles. The Morgan fingerprint density at radius 2 is 2.38 bits per heavy atom. The Balaban J connectivity index is 2.77. The minimum Gasteiger partial charge on any atom is -0.397 e. The molecule has 0 amide bonds. The Hall–Kier alpha value is -0.540. The first kappa shape index (κ1) is 10.5.